The molecular weight excluding hydrogens is 294 g/mol. The summed E-state index contributed by atoms with van der Waals surface area (Å²) < 4.78 is 5.14. The van der Waals surface area contributed by atoms with E-state index < -0.39 is 12.1 Å². The molecule has 0 spiro atoms. The molecule has 5 heteroatoms. The van der Waals surface area contributed by atoms with Gasteiger partial charge in [0, 0.05) is 6.54 Å². The minimum atomic E-state index is -0.951. The van der Waals surface area contributed by atoms with Crippen LogP contribution in [0.2, 0.25) is 0 Å². The highest BCUT2D eigenvalue weighted by Gasteiger charge is 2.11. The number of carboxylic acids is 1. The molecule has 2 N–H and O–H groups in total. The molecule has 0 aliphatic carbocycles. The Morgan fingerprint density at radius 3 is 2.43 bits per heavy atom. The summed E-state index contributed by atoms with van der Waals surface area (Å²) in [7, 11) is 0. The molecule has 0 radical (unpaired) electrons. The van der Waals surface area contributed by atoms with Crippen LogP contribution in [0.3, 0.4) is 0 Å². The molecule has 0 unspecified atom stereocenters. The second kappa shape index (κ2) is 7.45. The van der Waals surface area contributed by atoms with Gasteiger partial charge < -0.3 is 15.2 Å². The van der Waals surface area contributed by atoms with Gasteiger partial charge in [0.1, 0.15) is 6.61 Å². The molecule has 0 fully saturated rings. The summed E-state index contributed by atoms with van der Waals surface area (Å²) in [4.78, 5) is 22.8. The molecular formula is C18H19NO4. The van der Waals surface area contributed by atoms with Gasteiger partial charge in [-0.15, -0.1) is 0 Å². The van der Waals surface area contributed by atoms with Crippen molar-refractivity contribution in [1.82, 2.24) is 5.32 Å². The number of carbonyl (C=O) groups is 2. The van der Waals surface area contributed by atoms with Gasteiger partial charge in [-0.3, -0.25) is 0 Å². The molecule has 23 heavy (non-hydrogen) atoms. The maximum absolute atomic E-state index is 11.7. The molecule has 0 aliphatic rings. The van der Waals surface area contributed by atoms with Crippen molar-refractivity contribution in [1.29, 1.82) is 0 Å². The molecule has 0 aromatic heterocycles. The van der Waals surface area contributed by atoms with Gasteiger partial charge in [0.25, 0.3) is 0 Å². The van der Waals surface area contributed by atoms with Gasteiger partial charge in [-0.2, -0.15) is 0 Å². The van der Waals surface area contributed by atoms with Gasteiger partial charge >= 0.3 is 12.1 Å². The fourth-order valence-electron chi connectivity index (χ4n) is 2.24. The Bertz CT molecular complexity index is 710. The van der Waals surface area contributed by atoms with Crippen LogP contribution in [0.15, 0.2) is 42.5 Å². The van der Waals surface area contributed by atoms with E-state index >= 15 is 0 Å². The van der Waals surface area contributed by atoms with Crippen LogP contribution in [0.25, 0.3) is 0 Å². The van der Waals surface area contributed by atoms with E-state index in [1.54, 1.807) is 19.1 Å². The monoisotopic (exact) mass is 313 g/mol. The van der Waals surface area contributed by atoms with Gasteiger partial charge in [0.15, 0.2) is 0 Å². The third-order valence-corrected chi connectivity index (χ3v) is 3.55. The topological polar surface area (TPSA) is 75.6 Å². The maximum Gasteiger partial charge on any atom is 0.407 e. The van der Waals surface area contributed by atoms with Crippen molar-refractivity contribution in [2.45, 2.75) is 27.0 Å². The quantitative estimate of drug-likeness (QED) is 0.886. The molecule has 0 aliphatic heterocycles. The van der Waals surface area contributed by atoms with Crippen molar-refractivity contribution in [2.75, 3.05) is 0 Å². The summed E-state index contributed by atoms with van der Waals surface area (Å²) in [5, 5.41) is 11.8. The van der Waals surface area contributed by atoms with Crippen LogP contribution in [-0.4, -0.2) is 17.2 Å². The Balaban J connectivity index is 1.91. The van der Waals surface area contributed by atoms with E-state index in [0.717, 1.165) is 16.7 Å². The summed E-state index contributed by atoms with van der Waals surface area (Å²) in [6.07, 6.45) is -0.506. The number of hydrogen-bond donors (Lipinski definition) is 2. The Morgan fingerprint density at radius 1 is 1.09 bits per heavy atom. The van der Waals surface area contributed by atoms with Crippen molar-refractivity contribution in [3.8, 4) is 0 Å². The summed E-state index contributed by atoms with van der Waals surface area (Å²) in [6, 6.07) is 12.8. The second-order valence-corrected chi connectivity index (χ2v) is 5.31. The number of aryl methyl sites for hydroxylation is 2. The van der Waals surface area contributed by atoms with Crippen LogP contribution in [0.1, 0.15) is 32.6 Å². The summed E-state index contributed by atoms with van der Waals surface area (Å²) in [5.74, 6) is -0.951. The zero-order chi connectivity index (χ0) is 16.8. The molecule has 2 aromatic carbocycles. The average Bonchev–Trinajstić information content (AvgIpc) is 2.54. The lowest BCUT2D eigenvalue weighted by Crippen LogP contribution is -2.24. The van der Waals surface area contributed by atoms with Crippen LogP contribution in [-0.2, 0) is 17.9 Å². The predicted molar refractivity (Wildman–Crippen MR) is 86.3 cm³/mol. The van der Waals surface area contributed by atoms with Crippen LogP contribution >= 0.6 is 0 Å². The molecule has 0 saturated heterocycles. The van der Waals surface area contributed by atoms with Gasteiger partial charge in [-0.1, -0.05) is 36.4 Å². The Hall–Kier alpha value is -2.82. The summed E-state index contributed by atoms with van der Waals surface area (Å²) >= 11 is 0. The number of carbonyl (C=O) groups excluding carboxylic acids is 1. The number of aromatic carboxylic acids is 1. The normalized spacial score (nSPS) is 10.2. The highest BCUT2D eigenvalue weighted by Crippen LogP contribution is 2.16. The molecule has 1 amide bonds. The van der Waals surface area contributed by atoms with Crippen molar-refractivity contribution in [3.63, 3.8) is 0 Å². The first-order valence-corrected chi connectivity index (χ1v) is 7.25. The second-order valence-electron chi connectivity index (χ2n) is 5.31. The smallest absolute Gasteiger partial charge is 0.407 e. The first kappa shape index (κ1) is 16.5. The standard InChI is InChI=1S/C18H19NO4/c1-12-9-16(17(20)21)13(2)8-15(12)10-19-18(22)23-11-14-6-4-3-5-7-14/h3-9H,10-11H2,1-2H3,(H,19,22)(H,20,21). The number of benzene rings is 2. The third kappa shape index (κ3) is 4.57. The number of ether oxygens (including phenoxy) is 1. The van der Waals surface area contributed by atoms with Crippen molar-refractivity contribution >= 4 is 12.1 Å². The van der Waals surface area contributed by atoms with Gasteiger partial charge in [0.05, 0.1) is 5.56 Å². The molecule has 120 valence electrons. The van der Waals surface area contributed by atoms with Gasteiger partial charge in [-0.05, 0) is 42.2 Å². The molecule has 0 saturated carbocycles. The average molecular weight is 313 g/mol. The van der Waals surface area contributed by atoms with E-state index in [1.165, 1.54) is 0 Å². The van der Waals surface area contributed by atoms with E-state index in [4.69, 9.17) is 9.84 Å². The van der Waals surface area contributed by atoms with Gasteiger partial charge in [-0.25, -0.2) is 9.59 Å². The molecule has 2 aromatic rings. The lowest BCUT2D eigenvalue weighted by Gasteiger charge is -2.11. The molecule has 0 atom stereocenters. The minimum absolute atomic E-state index is 0.211. The lowest BCUT2D eigenvalue weighted by atomic mass is 10.00. The predicted octanol–water partition coefficient (Wildman–Crippen LogP) is 3.43. The first-order valence-electron chi connectivity index (χ1n) is 7.25. The zero-order valence-corrected chi connectivity index (χ0v) is 13.1. The Kier molecular flexibility index (Phi) is 5.36. The SMILES string of the molecule is Cc1cc(C(=O)O)c(C)cc1CNC(=O)OCc1ccccc1. The Labute approximate surface area is 134 Å². The number of carboxylic acid groups (broad SMARTS) is 1. The Morgan fingerprint density at radius 2 is 1.78 bits per heavy atom. The number of alkyl carbamates (subject to hydrolysis) is 1. The van der Waals surface area contributed by atoms with Crippen molar-refractivity contribution in [3.05, 3.63) is 70.3 Å². The third-order valence-electron chi connectivity index (χ3n) is 3.55. The number of amides is 1. The molecule has 2 rings (SSSR count). The van der Waals surface area contributed by atoms with E-state index in [0.29, 0.717) is 12.1 Å². The lowest BCUT2D eigenvalue weighted by molar-refractivity contribution is 0.0696. The molecule has 0 bridgehead atoms. The van der Waals surface area contributed by atoms with Crippen molar-refractivity contribution in [2.24, 2.45) is 0 Å². The molecule has 5 nitrogen and oxygen atoms in total. The van der Waals surface area contributed by atoms with E-state index in [9.17, 15) is 9.59 Å². The van der Waals surface area contributed by atoms with Gasteiger partial charge in [0.2, 0.25) is 0 Å². The van der Waals surface area contributed by atoms with E-state index in [-0.39, 0.29) is 12.2 Å². The molecule has 0 heterocycles. The van der Waals surface area contributed by atoms with Crippen LogP contribution in [0.4, 0.5) is 4.79 Å². The maximum atomic E-state index is 11.7. The van der Waals surface area contributed by atoms with E-state index in [1.807, 2.05) is 37.3 Å². The van der Waals surface area contributed by atoms with E-state index in [2.05, 4.69) is 5.32 Å². The first-order chi connectivity index (χ1) is 11.0. The van der Waals surface area contributed by atoms with Crippen LogP contribution in [0.5, 0.6) is 0 Å². The van der Waals surface area contributed by atoms with Crippen molar-refractivity contribution < 1.29 is 19.4 Å². The highest BCUT2D eigenvalue weighted by atomic mass is 16.5. The van der Waals surface area contributed by atoms with Crippen LogP contribution in [0, 0.1) is 13.8 Å². The fraction of sp³-hybridized carbons (Fsp3) is 0.222. The number of hydrogen-bond acceptors (Lipinski definition) is 3. The summed E-state index contributed by atoms with van der Waals surface area (Å²) in [5.41, 5.74) is 3.54. The number of rotatable bonds is 5. The number of nitrogens with one attached hydrogen (secondary N) is 1. The minimum Gasteiger partial charge on any atom is -0.478 e. The zero-order valence-electron chi connectivity index (χ0n) is 13.1. The largest absolute Gasteiger partial charge is 0.478 e. The fourth-order valence-corrected chi connectivity index (χ4v) is 2.24. The van der Waals surface area contributed by atoms with Crippen LogP contribution < -0.4 is 5.32 Å². The highest BCUT2D eigenvalue weighted by molar-refractivity contribution is 5.89. The summed E-state index contributed by atoms with van der Waals surface area (Å²) in [6.45, 7) is 4.06.